The summed E-state index contributed by atoms with van der Waals surface area (Å²) < 4.78 is 6.08. The summed E-state index contributed by atoms with van der Waals surface area (Å²) in [6.45, 7) is 0. The van der Waals surface area contributed by atoms with E-state index in [1.165, 1.54) is 0 Å². The fraction of sp³-hybridized carbons (Fsp3) is 0.0500. The van der Waals surface area contributed by atoms with E-state index in [0.717, 1.165) is 11.1 Å². The molecule has 0 saturated heterocycles. The topological polar surface area (TPSA) is 46.5 Å². The van der Waals surface area contributed by atoms with Crippen molar-refractivity contribution in [1.82, 2.24) is 0 Å². The van der Waals surface area contributed by atoms with Crippen LogP contribution in [-0.4, -0.2) is 11.1 Å². The van der Waals surface area contributed by atoms with E-state index in [-0.39, 0.29) is 0 Å². The molecule has 1 heterocycles. The molecule has 0 saturated carbocycles. The second kappa shape index (κ2) is 5.29. The summed E-state index contributed by atoms with van der Waals surface area (Å²) in [6.07, 6.45) is 0. The third kappa shape index (κ3) is 2.18. The van der Waals surface area contributed by atoms with Crippen molar-refractivity contribution in [2.45, 2.75) is 5.92 Å². The van der Waals surface area contributed by atoms with E-state index in [0.29, 0.717) is 22.6 Å². The van der Waals surface area contributed by atoms with Crippen LogP contribution < -0.4 is 4.74 Å². The van der Waals surface area contributed by atoms with Crippen molar-refractivity contribution in [1.29, 1.82) is 0 Å². The second-order valence-electron chi connectivity index (χ2n) is 5.50. The number of hydrogen-bond acceptors (Lipinski definition) is 2. The Kier molecular flexibility index (Phi) is 3.12. The Balaban J connectivity index is 1.96. The molecular weight excluding hydrogens is 288 g/mol. The van der Waals surface area contributed by atoms with Gasteiger partial charge in [0.25, 0.3) is 0 Å². The fourth-order valence-electron chi connectivity index (χ4n) is 3.10. The van der Waals surface area contributed by atoms with Gasteiger partial charge < -0.3 is 9.84 Å². The molecule has 0 spiro atoms. The van der Waals surface area contributed by atoms with Crippen LogP contribution in [0.3, 0.4) is 0 Å². The van der Waals surface area contributed by atoms with Crippen molar-refractivity contribution in [2.75, 3.05) is 0 Å². The van der Waals surface area contributed by atoms with Gasteiger partial charge in [0, 0.05) is 16.7 Å². The van der Waals surface area contributed by atoms with Crippen LogP contribution >= 0.6 is 0 Å². The molecule has 4 rings (SSSR count). The molecule has 0 radical (unpaired) electrons. The predicted molar refractivity (Wildman–Crippen MR) is 87.9 cm³/mol. The number of carboxylic acids is 1. The van der Waals surface area contributed by atoms with Crippen molar-refractivity contribution in [3.05, 3.63) is 83.9 Å². The van der Waals surface area contributed by atoms with E-state index < -0.39 is 11.9 Å². The smallest absolute Gasteiger partial charge is 0.315 e. The summed E-state index contributed by atoms with van der Waals surface area (Å²) in [5.41, 5.74) is 3.30. The molecule has 112 valence electrons. The lowest BCUT2D eigenvalue weighted by Gasteiger charge is -2.27. The maximum Gasteiger partial charge on any atom is 0.315 e. The maximum atomic E-state index is 11.9. The van der Waals surface area contributed by atoms with Crippen LogP contribution in [0.15, 0.2) is 72.8 Å². The summed E-state index contributed by atoms with van der Waals surface area (Å²) >= 11 is 0. The standard InChI is InChI=1S/C20H14O3/c21-20(22)18-15-9-4-5-12-17(15)23-19-14(10-6-11-16(18)19)13-7-2-1-3-8-13/h1-12,18H,(H,21,22). The molecule has 0 aliphatic carbocycles. The Morgan fingerprint density at radius 3 is 2.30 bits per heavy atom. The molecule has 3 aromatic rings. The lowest BCUT2D eigenvalue weighted by Crippen LogP contribution is -2.18. The molecule has 1 atom stereocenters. The highest BCUT2D eigenvalue weighted by atomic mass is 16.5. The zero-order valence-corrected chi connectivity index (χ0v) is 12.3. The van der Waals surface area contributed by atoms with Gasteiger partial charge in [-0.15, -0.1) is 0 Å². The molecule has 0 amide bonds. The molecule has 1 aliphatic heterocycles. The summed E-state index contributed by atoms with van der Waals surface area (Å²) in [7, 11) is 0. The molecule has 3 nitrogen and oxygen atoms in total. The average Bonchev–Trinajstić information content (AvgIpc) is 2.59. The van der Waals surface area contributed by atoms with Gasteiger partial charge in [0.2, 0.25) is 0 Å². The van der Waals surface area contributed by atoms with Crippen molar-refractivity contribution >= 4 is 5.97 Å². The van der Waals surface area contributed by atoms with Gasteiger partial charge in [-0.1, -0.05) is 66.7 Å². The van der Waals surface area contributed by atoms with Gasteiger partial charge in [-0.05, 0) is 11.6 Å². The summed E-state index contributed by atoms with van der Waals surface area (Å²) in [5, 5.41) is 9.74. The minimum atomic E-state index is -0.868. The third-order valence-corrected chi connectivity index (χ3v) is 4.13. The van der Waals surface area contributed by atoms with Gasteiger partial charge in [0.1, 0.15) is 17.4 Å². The van der Waals surface area contributed by atoms with Crippen LogP contribution in [-0.2, 0) is 4.79 Å². The van der Waals surface area contributed by atoms with E-state index in [2.05, 4.69) is 0 Å². The molecule has 3 aromatic carbocycles. The predicted octanol–water partition coefficient (Wildman–Crippen LogP) is 4.68. The van der Waals surface area contributed by atoms with Crippen molar-refractivity contribution in [3.8, 4) is 22.6 Å². The normalized spacial score (nSPS) is 15.2. The van der Waals surface area contributed by atoms with E-state index in [4.69, 9.17) is 4.74 Å². The van der Waals surface area contributed by atoms with Crippen LogP contribution in [0.5, 0.6) is 11.5 Å². The van der Waals surface area contributed by atoms with Crippen molar-refractivity contribution in [2.24, 2.45) is 0 Å². The highest BCUT2D eigenvalue weighted by molar-refractivity contribution is 5.86. The molecule has 3 heteroatoms. The number of benzene rings is 3. The third-order valence-electron chi connectivity index (χ3n) is 4.13. The zero-order valence-electron chi connectivity index (χ0n) is 12.3. The first kappa shape index (κ1) is 13.6. The molecule has 1 aliphatic rings. The number of hydrogen-bond donors (Lipinski definition) is 1. The lowest BCUT2D eigenvalue weighted by molar-refractivity contribution is -0.137. The summed E-state index contributed by atoms with van der Waals surface area (Å²) in [4.78, 5) is 11.9. The van der Waals surface area contributed by atoms with Crippen LogP contribution in [0, 0.1) is 0 Å². The minimum Gasteiger partial charge on any atom is -0.481 e. The minimum absolute atomic E-state index is 0.607. The first-order chi connectivity index (χ1) is 11.3. The van der Waals surface area contributed by atoms with Gasteiger partial charge in [-0.2, -0.15) is 0 Å². The summed E-state index contributed by atoms with van der Waals surface area (Å²) in [6, 6.07) is 22.9. The molecule has 0 fully saturated rings. The van der Waals surface area contributed by atoms with Gasteiger partial charge in [0.05, 0.1) is 0 Å². The molecule has 0 bridgehead atoms. The number of carboxylic acid groups (broad SMARTS) is 1. The highest BCUT2D eigenvalue weighted by Crippen LogP contribution is 2.48. The number of para-hydroxylation sites is 2. The average molecular weight is 302 g/mol. The van der Waals surface area contributed by atoms with Crippen molar-refractivity contribution in [3.63, 3.8) is 0 Å². The van der Waals surface area contributed by atoms with E-state index in [1.54, 1.807) is 0 Å². The van der Waals surface area contributed by atoms with Crippen LogP contribution in [0.2, 0.25) is 0 Å². The Hall–Kier alpha value is -3.07. The Bertz CT molecular complexity index is 884. The van der Waals surface area contributed by atoms with Crippen LogP contribution in [0.25, 0.3) is 11.1 Å². The van der Waals surface area contributed by atoms with Gasteiger partial charge in [0.15, 0.2) is 0 Å². The fourth-order valence-corrected chi connectivity index (χ4v) is 3.10. The number of rotatable bonds is 2. The maximum absolute atomic E-state index is 11.9. The largest absolute Gasteiger partial charge is 0.481 e. The summed E-state index contributed by atoms with van der Waals surface area (Å²) in [5.74, 6) is -0.341. The Labute approximate surface area is 133 Å². The quantitative estimate of drug-likeness (QED) is 0.748. The van der Waals surface area contributed by atoms with E-state index in [9.17, 15) is 9.90 Å². The lowest BCUT2D eigenvalue weighted by atomic mass is 9.86. The molecule has 1 unspecified atom stereocenters. The van der Waals surface area contributed by atoms with E-state index >= 15 is 0 Å². The number of ether oxygens (including phenoxy) is 1. The SMILES string of the molecule is O=C(O)C1c2ccccc2Oc2c(-c3ccccc3)cccc21. The molecule has 1 N–H and O–H groups in total. The second-order valence-corrected chi connectivity index (χ2v) is 5.50. The number of fused-ring (bicyclic) bond motifs is 2. The number of aliphatic carboxylic acids is 1. The van der Waals surface area contributed by atoms with Crippen molar-refractivity contribution < 1.29 is 14.6 Å². The van der Waals surface area contributed by atoms with E-state index in [1.807, 2.05) is 72.8 Å². The Morgan fingerprint density at radius 2 is 1.52 bits per heavy atom. The van der Waals surface area contributed by atoms with Gasteiger partial charge in [-0.3, -0.25) is 4.79 Å². The first-order valence-electron chi connectivity index (χ1n) is 7.43. The Morgan fingerprint density at radius 1 is 0.826 bits per heavy atom. The van der Waals surface area contributed by atoms with Gasteiger partial charge >= 0.3 is 5.97 Å². The first-order valence-corrected chi connectivity index (χ1v) is 7.43. The molecule has 0 aromatic heterocycles. The van der Waals surface area contributed by atoms with Crippen LogP contribution in [0.4, 0.5) is 0 Å². The highest BCUT2D eigenvalue weighted by Gasteiger charge is 2.33. The van der Waals surface area contributed by atoms with Crippen LogP contribution in [0.1, 0.15) is 17.0 Å². The zero-order chi connectivity index (χ0) is 15.8. The van der Waals surface area contributed by atoms with Gasteiger partial charge in [-0.25, -0.2) is 0 Å². The molecule has 23 heavy (non-hydrogen) atoms. The molecular formula is C20H14O3. The monoisotopic (exact) mass is 302 g/mol. The number of carbonyl (C=O) groups is 1.